The second-order valence-corrected chi connectivity index (χ2v) is 6.58. The van der Waals surface area contributed by atoms with Crippen molar-refractivity contribution in [3.8, 4) is 11.1 Å². The summed E-state index contributed by atoms with van der Waals surface area (Å²) in [6.07, 6.45) is 9.78. The molecule has 4 aromatic heterocycles. The lowest BCUT2D eigenvalue weighted by Crippen LogP contribution is -2.35. The minimum Gasteiger partial charge on any atom is -0.344 e. The first-order chi connectivity index (χ1) is 12.9. The minimum absolute atomic E-state index is 0.148. The van der Waals surface area contributed by atoms with Crippen LogP contribution >= 0.6 is 0 Å². The molecule has 4 heterocycles. The molecule has 1 atom stereocenters. The molecule has 4 rings (SSSR count). The van der Waals surface area contributed by atoms with Crippen molar-refractivity contribution in [3.63, 3.8) is 0 Å². The minimum atomic E-state index is -2.87. The number of alkyl halides is 2. The molecule has 0 spiro atoms. The molecule has 0 aliphatic carbocycles. The molecule has 0 aliphatic heterocycles. The highest BCUT2D eigenvalue weighted by Crippen LogP contribution is 2.26. The lowest BCUT2D eigenvalue weighted by molar-refractivity contribution is 0.00673. The predicted molar refractivity (Wildman–Crippen MR) is 98.1 cm³/mol. The fourth-order valence-corrected chi connectivity index (χ4v) is 2.85. The smallest absolute Gasteiger partial charge is 0.264 e. The molecule has 0 bridgehead atoms. The molecule has 1 N–H and O–H groups in total. The topological polar surface area (TPSA) is 72.4 Å². The van der Waals surface area contributed by atoms with Crippen LogP contribution in [0.2, 0.25) is 0 Å². The van der Waals surface area contributed by atoms with Crippen molar-refractivity contribution in [1.29, 1.82) is 0 Å². The van der Waals surface area contributed by atoms with Crippen molar-refractivity contribution in [3.05, 3.63) is 42.7 Å². The summed E-state index contributed by atoms with van der Waals surface area (Å²) >= 11 is 0. The quantitative estimate of drug-likeness (QED) is 0.582. The largest absolute Gasteiger partial charge is 0.344 e. The first-order valence-electron chi connectivity index (χ1n) is 8.68. The number of anilines is 1. The Hall–Kier alpha value is -3.10. The van der Waals surface area contributed by atoms with Crippen molar-refractivity contribution >= 4 is 17.2 Å². The number of aryl methyl sites for hydroxylation is 1. The first kappa shape index (κ1) is 17.3. The Balaban J connectivity index is 1.71. The standard InChI is InChI=1S/C18H19F2N7/c1-4-13-8-23-17-22-7-12(10-26(13)17)14-5-6-27-15(14)9-21-16(25-27)24-11(2)18(3,19)20/h5-11H,4H2,1-3H3,(H,24,25)/t11-/m1/s1. The third kappa shape index (κ3) is 3.09. The van der Waals surface area contributed by atoms with E-state index in [1.165, 1.54) is 6.92 Å². The van der Waals surface area contributed by atoms with Crippen molar-refractivity contribution in [1.82, 2.24) is 29.0 Å². The van der Waals surface area contributed by atoms with E-state index in [1.54, 1.807) is 23.1 Å². The lowest BCUT2D eigenvalue weighted by atomic mass is 10.1. The van der Waals surface area contributed by atoms with Gasteiger partial charge in [0.25, 0.3) is 5.92 Å². The van der Waals surface area contributed by atoms with Gasteiger partial charge in [-0.15, -0.1) is 5.10 Å². The van der Waals surface area contributed by atoms with Crippen LogP contribution in [0.5, 0.6) is 0 Å². The number of fused-ring (bicyclic) bond motifs is 2. The molecular weight excluding hydrogens is 352 g/mol. The fourth-order valence-electron chi connectivity index (χ4n) is 2.85. The average Bonchev–Trinajstić information content (AvgIpc) is 3.23. The molecule has 4 aromatic rings. The van der Waals surface area contributed by atoms with Crippen molar-refractivity contribution < 1.29 is 8.78 Å². The van der Waals surface area contributed by atoms with Crippen molar-refractivity contribution in [2.75, 3.05) is 5.32 Å². The molecule has 0 saturated carbocycles. The van der Waals surface area contributed by atoms with Crippen molar-refractivity contribution in [2.45, 2.75) is 39.2 Å². The summed E-state index contributed by atoms with van der Waals surface area (Å²) < 4.78 is 30.3. The Bertz CT molecular complexity index is 1110. The van der Waals surface area contributed by atoms with Gasteiger partial charge in [-0.25, -0.2) is 28.2 Å². The van der Waals surface area contributed by atoms with Gasteiger partial charge in [-0.1, -0.05) is 6.92 Å². The number of rotatable bonds is 5. The van der Waals surface area contributed by atoms with Crippen LogP contribution in [0.25, 0.3) is 22.4 Å². The highest BCUT2D eigenvalue weighted by molar-refractivity contribution is 5.79. The maximum absolute atomic E-state index is 13.4. The highest BCUT2D eigenvalue weighted by Gasteiger charge is 2.30. The van der Waals surface area contributed by atoms with Gasteiger partial charge in [0.05, 0.1) is 24.0 Å². The maximum Gasteiger partial charge on any atom is 0.264 e. The summed E-state index contributed by atoms with van der Waals surface area (Å²) in [6.45, 7) is 4.32. The van der Waals surface area contributed by atoms with E-state index < -0.39 is 12.0 Å². The molecule has 0 aromatic carbocycles. The van der Waals surface area contributed by atoms with Gasteiger partial charge in [0.1, 0.15) is 0 Å². The van der Waals surface area contributed by atoms with Crippen LogP contribution in [0.1, 0.15) is 26.5 Å². The zero-order valence-electron chi connectivity index (χ0n) is 15.2. The fraction of sp³-hybridized carbons (Fsp3) is 0.333. The summed E-state index contributed by atoms with van der Waals surface area (Å²) in [5.41, 5.74) is 3.63. The van der Waals surface area contributed by atoms with Crippen LogP contribution in [0.3, 0.4) is 0 Å². The Morgan fingerprint density at radius 2 is 1.96 bits per heavy atom. The summed E-state index contributed by atoms with van der Waals surface area (Å²) in [5, 5.41) is 6.92. The Morgan fingerprint density at radius 1 is 1.19 bits per heavy atom. The zero-order chi connectivity index (χ0) is 19.2. The molecule has 27 heavy (non-hydrogen) atoms. The molecule has 0 fully saturated rings. The molecule has 0 saturated heterocycles. The Labute approximate surface area is 154 Å². The number of halogens is 2. The van der Waals surface area contributed by atoms with E-state index in [9.17, 15) is 8.78 Å². The first-order valence-corrected chi connectivity index (χ1v) is 8.68. The number of nitrogens with zero attached hydrogens (tertiary/aromatic N) is 6. The monoisotopic (exact) mass is 371 g/mol. The van der Waals surface area contributed by atoms with Gasteiger partial charge in [-0.3, -0.25) is 4.40 Å². The van der Waals surface area contributed by atoms with E-state index in [1.807, 2.05) is 22.9 Å². The van der Waals surface area contributed by atoms with Gasteiger partial charge in [-0.05, 0) is 19.4 Å². The average molecular weight is 371 g/mol. The van der Waals surface area contributed by atoms with Gasteiger partial charge in [0.2, 0.25) is 11.7 Å². The predicted octanol–water partition coefficient (Wildman–Crippen LogP) is 3.46. The summed E-state index contributed by atoms with van der Waals surface area (Å²) in [4.78, 5) is 12.9. The van der Waals surface area contributed by atoms with E-state index in [4.69, 9.17) is 0 Å². The number of aromatic nitrogens is 6. The molecule has 7 nitrogen and oxygen atoms in total. The third-order valence-corrected chi connectivity index (χ3v) is 4.64. The summed E-state index contributed by atoms with van der Waals surface area (Å²) in [5.74, 6) is -2.07. The van der Waals surface area contributed by atoms with Crippen molar-refractivity contribution in [2.24, 2.45) is 0 Å². The van der Waals surface area contributed by atoms with E-state index in [2.05, 4.69) is 32.3 Å². The lowest BCUT2D eigenvalue weighted by Gasteiger charge is -2.20. The normalized spacial score (nSPS) is 13.4. The molecular formula is C18H19F2N7. The SMILES string of the molecule is CCc1cnc2ncc(-c3ccn4nc(N[C@H](C)C(C)(F)F)ncc34)cn12. The van der Waals surface area contributed by atoms with Gasteiger partial charge in [0, 0.05) is 42.3 Å². The zero-order valence-corrected chi connectivity index (χ0v) is 15.2. The van der Waals surface area contributed by atoms with Gasteiger partial charge in [-0.2, -0.15) is 0 Å². The number of hydrogen-bond donors (Lipinski definition) is 1. The second kappa shape index (κ2) is 6.26. The molecule has 9 heteroatoms. The molecule has 0 aliphatic rings. The summed E-state index contributed by atoms with van der Waals surface area (Å²) in [7, 11) is 0. The maximum atomic E-state index is 13.4. The molecule has 140 valence electrons. The van der Waals surface area contributed by atoms with Gasteiger partial charge in [0.15, 0.2) is 0 Å². The van der Waals surface area contributed by atoms with Crippen LogP contribution in [-0.4, -0.2) is 40.9 Å². The Morgan fingerprint density at radius 3 is 2.70 bits per heavy atom. The number of imidazole rings is 1. The highest BCUT2D eigenvalue weighted by atomic mass is 19.3. The summed E-state index contributed by atoms with van der Waals surface area (Å²) in [6, 6.07) is 0.821. The number of hydrogen-bond acceptors (Lipinski definition) is 5. The van der Waals surface area contributed by atoms with E-state index >= 15 is 0 Å². The van der Waals surface area contributed by atoms with Crippen LogP contribution in [-0.2, 0) is 6.42 Å². The van der Waals surface area contributed by atoms with Gasteiger partial charge < -0.3 is 5.32 Å². The third-order valence-electron chi connectivity index (χ3n) is 4.64. The molecule has 0 unspecified atom stereocenters. The van der Waals surface area contributed by atoms with E-state index in [0.29, 0.717) is 5.78 Å². The van der Waals surface area contributed by atoms with E-state index in [0.717, 1.165) is 35.7 Å². The van der Waals surface area contributed by atoms with Gasteiger partial charge >= 0.3 is 0 Å². The van der Waals surface area contributed by atoms with Crippen LogP contribution in [0, 0.1) is 0 Å². The van der Waals surface area contributed by atoms with E-state index in [-0.39, 0.29) is 5.95 Å². The second-order valence-electron chi connectivity index (χ2n) is 6.58. The van der Waals surface area contributed by atoms with Crippen LogP contribution < -0.4 is 5.32 Å². The molecule has 0 radical (unpaired) electrons. The van der Waals surface area contributed by atoms with Crippen LogP contribution in [0.15, 0.2) is 37.1 Å². The number of nitrogens with one attached hydrogen (secondary N) is 1. The Kier molecular flexibility index (Phi) is 4.01. The van der Waals surface area contributed by atoms with Crippen LogP contribution in [0.4, 0.5) is 14.7 Å². The molecule has 0 amide bonds.